The van der Waals surface area contributed by atoms with Gasteiger partial charge in [0.05, 0.1) is 11.2 Å². The van der Waals surface area contributed by atoms with Crippen LogP contribution in [-0.2, 0) is 6.54 Å². The van der Waals surface area contributed by atoms with Gasteiger partial charge in [0, 0.05) is 78.1 Å². The maximum Gasteiger partial charge on any atom is 0.263 e. The summed E-state index contributed by atoms with van der Waals surface area (Å²) in [5.74, 6) is 0.787. The maximum absolute atomic E-state index is 12.5. The number of hydrogen-bond donors (Lipinski definition) is 3. The summed E-state index contributed by atoms with van der Waals surface area (Å²) < 4.78 is 7.21. The van der Waals surface area contributed by atoms with Gasteiger partial charge in [0.15, 0.2) is 0 Å². The molecule has 6 rings (SSSR count). The van der Waals surface area contributed by atoms with Crippen molar-refractivity contribution < 1.29 is 9.53 Å². The molecular formula is C25H26ClN7O2S. The minimum Gasteiger partial charge on any atom is -0.420 e. The fourth-order valence-electron chi connectivity index (χ4n) is 5.09. The zero-order chi connectivity index (χ0) is 24.8. The number of benzene rings is 1. The predicted molar refractivity (Wildman–Crippen MR) is 142 cm³/mol. The number of nitrogens with one attached hydrogen (secondary N) is 3. The molecule has 2 aliphatic rings. The summed E-state index contributed by atoms with van der Waals surface area (Å²) in [6.45, 7) is 8.15. The molecular weight excluding hydrogens is 498 g/mol. The van der Waals surface area contributed by atoms with Crippen molar-refractivity contribution in [2.24, 2.45) is 0 Å². The molecule has 0 radical (unpaired) electrons. The lowest BCUT2D eigenvalue weighted by atomic mass is 10.1. The molecule has 0 unspecified atom stereocenters. The number of hydrogen-bond acceptors (Lipinski definition) is 9. The molecule has 2 atom stereocenters. The first-order valence-electron chi connectivity index (χ1n) is 12.0. The van der Waals surface area contributed by atoms with Crippen LogP contribution in [0.1, 0.15) is 29.1 Å². The summed E-state index contributed by atoms with van der Waals surface area (Å²) in [5, 5.41) is 12.0. The van der Waals surface area contributed by atoms with Gasteiger partial charge in [-0.25, -0.2) is 9.97 Å². The lowest BCUT2D eigenvalue weighted by molar-refractivity contribution is 0.0962. The van der Waals surface area contributed by atoms with Gasteiger partial charge in [-0.3, -0.25) is 9.69 Å². The van der Waals surface area contributed by atoms with Crippen molar-refractivity contribution in [3.8, 4) is 11.8 Å². The van der Waals surface area contributed by atoms with Crippen LogP contribution in [-0.4, -0.2) is 64.0 Å². The van der Waals surface area contributed by atoms with E-state index in [9.17, 15) is 4.79 Å². The van der Waals surface area contributed by atoms with Crippen molar-refractivity contribution in [2.75, 3.05) is 31.5 Å². The van der Waals surface area contributed by atoms with Crippen LogP contribution in [0.3, 0.4) is 0 Å². The zero-order valence-corrected chi connectivity index (χ0v) is 21.5. The van der Waals surface area contributed by atoms with E-state index in [0.717, 1.165) is 45.3 Å². The van der Waals surface area contributed by atoms with Gasteiger partial charge in [-0.2, -0.15) is 4.98 Å². The average molecular weight is 524 g/mol. The van der Waals surface area contributed by atoms with Crippen LogP contribution in [0.4, 0.5) is 5.69 Å². The van der Waals surface area contributed by atoms with Gasteiger partial charge in [0.2, 0.25) is 17.0 Å². The third kappa shape index (κ3) is 4.45. The number of fused-ring (bicyclic) bond motifs is 5. The molecule has 1 amide bonds. The molecule has 9 nitrogen and oxygen atoms in total. The first kappa shape index (κ1) is 23.4. The molecule has 3 aromatic heterocycles. The van der Waals surface area contributed by atoms with Gasteiger partial charge in [-0.1, -0.05) is 0 Å². The van der Waals surface area contributed by atoms with Gasteiger partial charge in [0.25, 0.3) is 5.91 Å². The number of thiophene rings is 1. The van der Waals surface area contributed by atoms with E-state index in [1.54, 1.807) is 6.20 Å². The second kappa shape index (κ2) is 9.44. The minimum absolute atomic E-state index is 0.0429. The molecule has 1 saturated heterocycles. The summed E-state index contributed by atoms with van der Waals surface area (Å²) >= 11 is 7.62. The summed E-state index contributed by atoms with van der Waals surface area (Å²) in [5.41, 5.74) is 2.50. The highest BCUT2D eigenvalue weighted by Crippen LogP contribution is 2.41. The molecule has 186 valence electrons. The molecule has 2 aliphatic heterocycles. The number of aromatic nitrogens is 3. The number of pyridine rings is 1. The molecule has 11 heteroatoms. The molecule has 0 aliphatic carbocycles. The summed E-state index contributed by atoms with van der Waals surface area (Å²) in [6, 6.07) is 8.57. The van der Waals surface area contributed by atoms with Crippen LogP contribution in [0.25, 0.3) is 21.0 Å². The van der Waals surface area contributed by atoms with E-state index in [1.165, 1.54) is 11.3 Å². The van der Waals surface area contributed by atoms with Gasteiger partial charge in [-0.05, 0) is 43.6 Å². The van der Waals surface area contributed by atoms with Gasteiger partial charge in [-0.15, -0.1) is 11.3 Å². The second-order valence-electron chi connectivity index (χ2n) is 9.38. The van der Waals surface area contributed by atoms with Crippen LogP contribution in [0, 0.1) is 0 Å². The Hall–Kier alpha value is -3.05. The highest BCUT2D eigenvalue weighted by Gasteiger charge is 2.24. The van der Waals surface area contributed by atoms with E-state index in [1.807, 2.05) is 24.3 Å². The van der Waals surface area contributed by atoms with Crippen molar-refractivity contribution >= 4 is 55.5 Å². The topological polar surface area (TPSA) is 104 Å². The predicted octanol–water partition coefficient (Wildman–Crippen LogP) is 4.02. The summed E-state index contributed by atoms with van der Waals surface area (Å²) in [7, 11) is 0. The van der Waals surface area contributed by atoms with E-state index >= 15 is 0 Å². The first-order valence-corrected chi connectivity index (χ1v) is 13.2. The Morgan fingerprint density at radius 1 is 1.11 bits per heavy atom. The number of rotatable bonds is 4. The number of nitrogens with zero attached hydrogens (tertiary/aromatic N) is 4. The number of carbonyl (C=O) groups is 1. The summed E-state index contributed by atoms with van der Waals surface area (Å²) in [4.78, 5) is 28.9. The lowest BCUT2D eigenvalue weighted by Crippen LogP contribution is -2.53. The molecule has 4 aromatic rings. The third-order valence-electron chi connectivity index (χ3n) is 6.44. The quantitative estimate of drug-likeness (QED) is 0.344. The molecule has 3 N–H and O–H groups in total. The normalized spacial score (nSPS) is 20.6. The van der Waals surface area contributed by atoms with E-state index in [-0.39, 0.29) is 11.2 Å². The highest BCUT2D eigenvalue weighted by molar-refractivity contribution is 7.21. The Labute approximate surface area is 217 Å². The van der Waals surface area contributed by atoms with Crippen molar-refractivity contribution in [3.63, 3.8) is 0 Å². The smallest absolute Gasteiger partial charge is 0.263 e. The number of ether oxygens (including phenoxy) is 1. The Kier molecular flexibility index (Phi) is 6.12. The van der Waals surface area contributed by atoms with Crippen LogP contribution in [0.2, 0.25) is 5.28 Å². The molecule has 0 bridgehead atoms. The Morgan fingerprint density at radius 3 is 2.75 bits per heavy atom. The van der Waals surface area contributed by atoms with E-state index in [0.29, 0.717) is 48.4 Å². The molecule has 1 aromatic carbocycles. The molecule has 5 heterocycles. The largest absolute Gasteiger partial charge is 0.420 e. The van der Waals surface area contributed by atoms with Gasteiger partial charge >= 0.3 is 0 Å². The standard InChI is InChI=1S/C25H26ClN7O2S/c1-13-10-33(11-14(2)30-13)12-15-9-29-25(26)32-24(15)35-19-6-3-16-17(31-19)4-5-18-20(16)21-22(36-18)23(34)28-8-7-27-21/h3-6,9,13-14,27,30H,7-8,10-12H2,1-2H3,(H,28,34)/t13-,14+. The second-order valence-corrected chi connectivity index (χ2v) is 10.8. The van der Waals surface area contributed by atoms with Crippen LogP contribution < -0.4 is 20.7 Å². The Bertz CT molecular complexity index is 1470. The number of amides is 1. The first-order chi connectivity index (χ1) is 17.4. The Balaban J connectivity index is 1.33. The molecule has 36 heavy (non-hydrogen) atoms. The van der Waals surface area contributed by atoms with Gasteiger partial charge in [0.1, 0.15) is 4.88 Å². The van der Waals surface area contributed by atoms with Crippen molar-refractivity contribution in [3.05, 3.63) is 46.2 Å². The third-order valence-corrected chi connectivity index (χ3v) is 7.77. The van der Waals surface area contributed by atoms with E-state index in [2.05, 4.69) is 44.7 Å². The number of anilines is 1. The van der Waals surface area contributed by atoms with E-state index < -0.39 is 0 Å². The fourth-order valence-corrected chi connectivity index (χ4v) is 6.33. The fraction of sp³-hybridized carbons (Fsp3) is 0.360. The van der Waals surface area contributed by atoms with Crippen molar-refractivity contribution in [1.29, 1.82) is 0 Å². The molecule has 0 spiro atoms. The highest BCUT2D eigenvalue weighted by atomic mass is 35.5. The number of carbonyl (C=O) groups excluding carboxylic acids is 1. The number of halogens is 1. The Morgan fingerprint density at radius 2 is 1.92 bits per heavy atom. The van der Waals surface area contributed by atoms with Crippen molar-refractivity contribution in [1.82, 2.24) is 30.5 Å². The lowest BCUT2D eigenvalue weighted by Gasteiger charge is -2.36. The van der Waals surface area contributed by atoms with Crippen LogP contribution in [0.5, 0.6) is 11.8 Å². The average Bonchev–Trinajstić information content (AvgIpc) is 3.12. The van der Waals surface area contributed by atoms with Crippen molar-refractivity contribution in [2.45, 2.75) is 32.5 Å². The van der Waals surface area contributed by atoms with Gasteiger partial charge < -0.3 is 20.7 Å². The monoisotopic (exact) mass is 523 g/mol. The molecule has 1 fully saturated rings. The van der Waals surface area contributed by atoms with Crippen LogP contribution >= 0.6 is 22.9 Å². The minimum atomic E-state index is -0.0429. The van der Waals surface area contributed by atoms with E-state index in [4.69, 9.17) is 21.3 Å². The van der Waals surface area contributed by atoms with Crippen LogP contribution in [0.15, 0.2) is 30.5 Å². The zero-order valence-electron chi connectivity index (χ0n) is 20.0. The molecule has 0 saturated carbocycles. The number of piperazine rings is 1. The SMILES string of the molecule is C[C@@H]1CN(Cc2cnc(Cl)nc2Oc2ccc3c(ccc4sc5c(c43)NCCNC5=O)n2)C[C@H](C)N1. The summed E-state index contributed by atoms with van der Waals surface area (Å²) in [6.07, 6.45) is 1.73. The maximum atomic E-state index is 12.5.